The number of carbonyl (C=O) groups is 1. The summed E-state index contributed by atoms with van der Waals surface area (Å²) < 4.78 is 0. The first kappa shape index (κ1) is 8.09. The molecule has 2 rings (SSSR count). The Bertz CT molecular complexity index is 194. The molecule has 0 N–H and O–H groups in total. The van der Waals surface area contributed by atoms with Gasteiger partial charge in [-0.15, -0.1) is 0 Å². The molecule has 1 aliphatic heterocycles. The molecule has 2 nitrogen and oxygen atoms in total. The Morgan fingerprint density at radius 1 is 1.17 bits per heavy atom. The van der Waals surface area contributed by atoms with Gasteiger partial charge in [-0.1, -0.05) is 12.8 Å². The van der Waals surface area contributed by atoms with Crippen LogP contribution >= 0.6 is 0 Å². The van der Waals surface area contributed by atoms with Crippen LogP contribution < -0.4 is 0 Å². The van der Waals surface area contributed by atoms with Crippen LogP contribution in [0.25, 0.3) is 0 Å². The van der Waals surface area contributed by atoms with Gasteiger partial charge in [0, 0.05) is 19.0 Å². The number of likely N-dealkylation sites (tertiary alicyclic amines) is 1. The maximum Gasteiger partial charge on any atom is 0.228 e. The van der Waals surface area contributed by atoms with Crippen molar-refractivity contribution < 1.29 is 4.79 Å². The van der Waals surface area contributed by atoms with Crippen LogP contribution in [-0.2, 0) is 4.79 Å². The first-order valence-corrected chi connectivity index (χ1v) is 5.00. The summed E-state index contributed by atoms with van der Waals surface area (Å²) in [4.78, 5) is 13.8. The summed E-state index contributed by atoms with van der Waals surface area (Å²) >= 11 is 0. The normalized spacial score (nSPS) is 28.4. The average Bonchev–Trinajstić information content (AvgIpc) is 2.50. The van der Waals surface area contributed by atoms with Crippen molar-refractivity contribution in [1.82, 2.24) is 4.90 Å². The molecule has 0 unspecified atom stereocenters. The molecule has 2 heteroatoms. The van der Waals surface area contributed by atoms with Gasteiger partial charge in [0.1, 0.15) is 0 Å². The van der Waals surface area contributed by atoms with E-state index in [-0.39, 0.29) is 5.41 Å². The lowest BCUT2D eigenvalue weighted by Crippen LogP contribution is -2.45. The number of hydrogen-bond donors (Lipinski definition) is 0. The molecule has 2 aliphatic rings. The standard InChI is InChI=1S/C10H17NO/c1-11-8-4-7-10(9(11)12)5-2-3-6-10/h2-8H2,1H3. The van der Waals surface area contributed by atoms with Crippen LogP contribution in [0.5, 0.6) is 0 Å². The highest BCUT2D eigenvalue weighted by Gasteiger charge is 2.44. The summed E-state index contributed by atoms with van der Waals surface area (Å²) in [6.45, 7) is 0.973. The molecule has 68 valence electrons. The van der Waals surface area contributed by atoms with E-state index in [1.165, 1.54) is 19.3 Å². The monoisotopic (exact) mass is 167 g/mol. The van der Waals surface area contributed by atoms with Crippen LogP contribution in [0.15, 0.2) is 0 Å². The molecule has 1 saturated heterocycles. The molecule has 0 aromatic rings. The van der Waals surface area contributed by atoms with Crippen LogP contribution in [0.2, 0.25) is 0 Å². The first-order chi connectivity index (χ1) is 5.75. The topological polar surface area (TPSA) is 20.3 Å². The van der Waals surface area contributed by atoms with Crippen molar-refractivity contribution in [3.8, 4) is 0 Å². The predicted octanol–water partition coefficient (Wildman–Crippen LogP) is 1.80. The van der Waals surface area contributed by atoms with Crippen molar-refractivity contribution in [2.75, 3.05) is 13.6 Å². The van der Waals surface area contributed by atoms with Crippen LogP contribution in [0.1, 0.15) is 38.5 Å². The van der Waals surface area contributed by atoms with Gasteiger partial charge in [-0.2, -0.15) is 0 Å². The van der Waals surface area contributed by atoms with Gasteiger partial charge in [0.05, 0.1) is 0 Å². The van der Waals surface area contributed by atoms with E-state index < -0.39 is 0 Å². The summed E-state index contributed by atoms with van der Waals surface area (Å²) in [5, 5.41) is 0. The highest BCUT2D eigenvalue weighted by Crippen LogP contribution is 2.45. The number of hydrogen-bond acceptors (Lipinski definition) is 1. The molecular weight excluding hydrogens is 150 g/mol. The number of amides is 1. The van der Waals surface area contributed by atoms with Crippen molar-refractivity contribution >= 4 is 5.91 Å². The highest BCUT2D eigenvalue weighted by atomic mass is 16.2. The molecule has 1 aliphatic carbocycles. The zero-order valence-electron chi connectivity index (χ0n) is 7.81. The maximum absolute atomic E-state index is 11.9. The van der Waals surface area contributed by atoms with Crippen LogP contribution in [0.4, 0.5) is 0 Å². The molecule has 0 aromatic carbocycles. The van der Waals surface area contributed by atoms with Crippen LogP contribution in [0.3, 0.4) is 0 Å². The van der Waals surface area contributed by atoms with Crippen molar-refractivity contribution in [3.63, 3.8) is 0 Å². The Morgan fingerprint density at radius 2 is 1.75 bits per heavy atom. The van der Waals surface area contributed by atoms with E-state index in [1.807, 2.05) is 11.9 Å². The lowest BCUT2D eigenvalue weighted by Gasteiger charge is -2.37. The third-order valence-corrected chi connectivity index (χ3v) is 3.51. The molecule has 2 fully saturated rings. The summed E-state index contributed by atoms with van der Waals surface area (Å²) in [7, 11) is 1.95. The fourth-order valence-corrected chi connectivity index (χ4v) is 2.78. The zero-order valence-corrected chi connectivity index (χ0v) is 7.81. The highest BCUT2D eigenvalue weighted by molar-refractivity contribution is 5.83. The second-order valence-electron chi connectivity index (χ2n) is 4.32. The lowest BCUT2D eigenvalue weighted by molar-refractivity contribution is -0.144. The average molecular weight is 167 g/mol. The molecule has 0 radical (unpaired) electrons. The van der Waals surface area contributed by atoms with E-state index in [0.717, 1.165) is 25.8 Å². The molecule has 1 saturated carbocycles. The summed E-state index contributed by atoms with van der Waals surface area (Å²) in [6.07, 6.45) is 7.18. The van der Waals surface area contributed by atoms with Gasteiger partial charge in [-0.25, -0.2) is 0 Å². The zero-order chi connectivity index (χ0) is 8.60. The van der Waals surface area contributed by atoms with Gasteiger partial charge in [-0.3, -0.25) is 4.79 Å². The number of carbonyl (C=O) groups excluding carboxylic acids is 1. The SMILES string of the molecule is CN1CCCC2(CCCC2)C1=O. The number of rotatable bonds is 0. The van der Waals surface area contributed by atoms with Crippen LogP contribution in [0, 0.1) is 5.41 Å². The van der Waals surface area contributed by atoms with E-state index in [4.69, 9.17) is 0 Å². The largest absolute Gasteiger partial charge is 0.345 e. The molecule has 1 heterocycles. The summed E-state index contributed by atoms with van der Waals surface area (Å²) in [5.41, 5.74) is 0.0903. The van der Waals surface area contributed by atoms with E-state index >= 15 is 0 Å². The maximum atomic E-state index is 11.9. The van der Waals surface area contributed by atoms with E-state index in [0.29, 0.717) is 5.91 Å². The minimum absolute atomic E-state index is 0.0903. The van der Waals surface area contributed by atoms with Gasteiger partial charge in [0.15, 0.2) is 0 Å². The van der Waals surface area contributed by atoms with Crippen LogP contribution in [-0.4, -0.2) is 24.4 Å². The van der Waals surface area contributed by atoms with Gasteiger partial charge in [0.25, 0.3) is 0 Å². The van der Waals surface area contributed by atoms with Gasteiger partial charge in [-0.05, 0) is 25.7 Å². The van der Waals surface area contributed by atoms with Crippen molar-refractivity contribution in [3.05, 3.63) is 0 Å². The molecule has 0 bridgehead atoms. The Balaban J connectivity index is 2.17. The Morgan fingerprint density at radius 3 is 2.42 bits per heavy atom. The Hall–Kier alpha value is -0.530. The van der Waals surface area contributed by atoms with Gasteiger partial charge in [0.2, 0.25) is 5.91 Å². The molecule has 12 heavy (non-hydrogen) atoms. The summed E-state index contributed by atoms with van der Waals surface area (Å²) in [6, 6.07) is 0. The number of nitrogens with zero attached hydrogens (tertiary/aromatic N) is 1. The smallest absolute Gasteiger partial charge is 0.228 e. The minimum atomic E-state index is 0.0903. The second-order valence-corrected chi connectivity index (χ2v) is 4.32. The Kier molecular flexibility index (Phi) is 1.85. The van der Waals surface area contributed by atoms with E-state index in [1.54, 1.807) is 0 Å². The van der Waals surface area contributed by atoms with Crippen molar-refractivity contribution in [1.29, 1.82) is 0 Å². The predicted molar refractivity (Wildman–Crippen MR) is 47.8 cm³/mol. The third-order valence-electron chi connectivity index (χ3n) is 3.51. The summed E-state index contributed by atoms with van der Waals surface area (Å²) in [5.74, 6) is 0.422. The van der Waals surface area contributed by atoms with Gasteiger partial charge >= 0.3 is 0 Å². The van der Waals surface area contributed by atoms with Crippen molar-refractivity contribution in [2.24, 2.45) is 5.41 Å². The van der Waals surface area contributed by atoms with Crippen molar-refractivity contribution in [2.45, 2.75) is 38.5 Å². The quantitative estimate of drug-likeness (QED) is 0.538. The van der Waals surface area contributed by atoms with Gasteiger partial charge < -0.3 is 4.90 Å². The lowest BCUT2D eigenvalue weighted by atomic mass is 9.78. The number of piperidine rings is 1. The second kappa shape index (κ2) is 2.75. The minimum Gasteiger partial charge on any atom is -0.345 e. The fraction of sp³-hybridized carbons (Fsp3) is 0.900. The molecule has 0 atom stereocenters. The third kappa shape index (κ3) is 1.05. The molecular formula is C10H17NO. The first-order valence-electron chi connectivity index (χ1n) is 5.00. The van der Waals surface area contributed by atoms with E-state index in [9.17, 15) is 4.79 Å². The molecule has 1 spiro atoms. The Labute approximate surface area is 73.9 Å². The molecule has 1 amide bonds. The van der Waals surface area contributed by atoms with E-state index in [2.05, 4.69) is 0 Å². The molecule has 0 aromatic heterocycles. The fourth-order valence-electron chi connectivity index (χ4n) is 2.78.